The lowest BCUT2D eigenvalue weighted by atomic mass is 10.1. The van der Waals surface area contributed by atoms with Crippen LogP contribution in [-0.4, -0.2) is 25.5 Å². The fourth-order valence-electron chi connectivity index (χ4n) is 2.81. The molecule has 1 aromatic heterocycles. The van der Waals surface area contributed by atoms with Crippen LogP contribution in [0.1, 0.15) is 44.7 Å². The van der Waals surface area contributed by atoms with Crippen LogP contribution in [0.5, 0.6) is 0 Å². The van der Waals surface area contributed by atoms with Crippen molar-refractivity contribution < 1.29 is 8.42 Å². The molecule has 2 saturated carbocycles. The van der Waals surface area contributed by atoms with Crippen molar-refractivity contribution in [2.75, 3.05) is 0 Å². The van der Waals surface area contributed by atoms with Crippen molar-refractivity contribution in [3.8, 4) is 0 Å². The maximum atomic E-state index is 12.3. The van der Waals surface area contributed by atoms with Gasteiger partial charge < -0.3 is 10.3 Å². The minimum atomic E-state index is -3.39. The van der Waals surface area contributed by atoms with Gasteiger partial charge in [0, 0.05) is 30.5 Å². The number of hydrogen-bond donors (Lipinski definition) is 3. The fourth-order valence-corrected chi connectivity index (χ4v) is 4.20. The highest BCUT2D eigenvalue weighted by molar-refractivity contribution is 7.89. The average molecular weight is 297 g/mol. The lowest BCUT2D eigenvalue weighted by molar-refractivity contribution is 0.476. The van der Waals surface area contributed by atoms with E-state index in [4.69, 9.17) is 0 Å². The molecule has 2 fully saturated rings. The van der Waals surface area contributed by atoms with Crippen LogP contribution in [0.3, 0.4) is 0 Å². The zero-order chi connectivity index (χ0) is 14.2. The number of rotatable bonds is 6. The van der Waals surface area contributed by atoms with Gasteiger partial charge in [0.15, 0.2) is 0 Å². The van der Waals surface area contributed by atoms with E-state index in [2.05, 4.69) is 21.9 Å². The molecule has 0 aliphatic heterocycles. The van der Waals surface area contributed by atoms with Gasteiger partial charge in [-0.05, 0) is 37.7 Å². The first-order valence-corrected chi connectivity index (χ1v) is 8.96. The van der Waals surface area contributed by atoms with Crippen molar-refractivity contribution in [1.82, 2.24) is 15.0 Å². The Balaban J connectivity index is 1.63. The molecule has 1 aromatic rings. The highest BCUT2D eigenvalue weighted by Gasteiger charge is 2.29. The Morgan fingerprint density at radius 2 is 2.10 bits per heavy atom. The molecule has 3 N–H and O–H groups in total. The van der Waals surface area contributed by atoms with Crippen LogP contribution in [-0.2, 0) is 16.6 Å². The van der Waals surface area contributed by atoms with E-state index in [0.717, 1.165) is 25.0 Å². The predicted molar refractivity (Wildman–Crippen MR) is 77.8 cm³/mol. The highest BCUT2D eigenvalue weighted by Crippen LogP contribution is 2.26. The Morgan fingerprint density at radius 1 is 1.30 bits per heavy atom. The average Bonchev–Trinajstić information content (AvgIpc) is 2.95. The summed E-state index contributed by atoms with van der Waals surface area (Å²) < 4.78 is 27.5. The molecule has 112 valence electrons. The quantitative estimate of drug-likeness (QED) is 0.748. The molecule has 0 amide bonds. The largest absolute Gasteiger partial charge is 0.363 e. The minimum absolute atomic E-state index is 0.0861. The van der Waals surface area contributed by atoms with Gasteiger partial charge in [0.05, 0.1) is 4.90 Å². The molecule has 0 spiro atoms. The van der Waals surface area contributed by atoms with Crippen LogP contribution in [0.15, 0.2) is 17.2 Å². The van der Waals surface area contributed by atoms with Gasteiger partial charge in [-0.2, -0.15) is 0 Å². The van der Waals surface area contributed by atoms with Gasteiger partial charge in [-0.25, -0.2) is 13.1 Å². The first-order chi connectivity index (χ1) is 9.54. The lowest BCUT2D eigenvalue weighted by Crippen LogP contribution is -2.36. The normalized spacial score (nSPS) is 27.1. The summed E-state index contributed by atoms with van der Waals surface area (Å²) in [5.41, 5.74) is 0.928. The highest BCUT2D eigenvalue weighted by atomic mass is 32.2. The van der Waals surface area contributed by atoms with Gasteiger partial charge in [-0.15, -0.1) is 0 Å². The second-order valence-electron chi connectivity index (χ2n) is 6.15. The van der Waals surface area contributed by atoms with Gasteiger partial charge >= 0.3 is 0 Å². The van der Waals surface area contributed by atoms with Crippen LogP contribution < -0.4 is 10.0 Å². The summed E-state index contributed by atoms with van der Waals surface area (Å²) in [6.07, 6.45) is 7.21. The van der Waals surface area contributed by atoms with E-state index in [0.29, 0.717) is 23.4 Å². The molecule has 2 atom stereocenters. The van der Waals surface area contributed by atoms with E-state index in [1.165, 1.54) is 12.8 Å². The number of H-pyrrole nitrogens is 1. The van der Waals surface area contributed by atoms with Crippen molar-refractivity contribution in [3.05, 3.63) is 18.0 Å². The van der Waals surface area contributed by atoms with Crippen LogP contribution in [0, 0.1) is 5.92 Å². The Kier molecular flexibility index (Phi) is 3.88. The molecule has 0 saturated heterocycles. The third kappa shape index (κ3) is 3.24. The second kappa shape index (κ2) is 5.50. The molecule has 2 aliphatic rings. The maximum Gasteiger partial charge on any atom is 0.242 e. The molecular formula is C14H23N3O2S. The zero-order valence-electron chi connectivity index (χ0n) is 11.9. The topological polar surface area (TPSA) is 74.0 Å². The smallest absolute Gasteiger partial charge is 0.242 e. The van der Waals surface area contributed by atoms with Crippen LogP contribution in [0.25, 0.3) is 0 Å². The molecule has 0 aromatic carbocycles. The van der Waals surface area contributed by atoms with Crippen molar-refractivity contribution in [2.24, 2.45) is 5.92 Å². The summed E-state index contributed by atoms with van der Waals surface area (Å²) in [5.74, 6) is 0.430. The van der Waals surface area contributed by atoms with Crippen molar-refractivity contribution in [3.63, 3.8) is 0 Å². The predicted octanol–water partition coefficient (Wildman–Crippen LogP) is 1.73. The maximum absolute atomic E-state index is 12.3. The molecule has 20 heavy (non-hydrogen) atoms. The van der Waals surface area contributed by atoms with E-state index < -0.39 is 10.0 Å². The van der Waals surface area contributed by atoms with Crippen molar-refractivity contribution in [1.29, 1.82) is 0 Å². The fraction of sp³-hybridized carbons (Fsp3) is 0.714. The van der Waals surface area contributed by atoms with Crippen molar-refractivity contribution >= 4 is 10.0 Å². The van der Waals surface area contributed by atoms with E-state index in [1.807, 2.05) is 0 Å². The molecular weight excluding hydrogens is 274 g/mol. The lowest BCUT2D eigenvalue weighted by Gasteiger charge is -2.16. The Bertz CT molecular complexity index is 563. The number of hydrogen-bond acceptors (Lipinski definition) is 3. The summed E-state index contributed by atoms with van der Waals surface area (Å²) in [6.45, 7) is 2.82. The van der Waals surface area contributed by atoms with Crippen LogP contribution in [0.2, 0.25) is 0 Å². The third-order valence-corrected chi connectivity index (χ3v) is 5.82. The summed E-state index contributed by atoms with van der Waals surface area (Å²) >= 11 is 0. The number of sulfonamides is 1. The Morgan fingerprint density at radius 3 is 2.75 bits per heavy atom. The van der Waals surface area contributed by atoms with E-state index in [-0.39, 0.29) is 6.04 Å². The number of aromatic amines is 1. The van der Waals surface area contributed by atoms with Gasteiger partial charge in [0.2, 0.25) is 10.0 Å². The van der Waals surface area contributed by atoms with Gasteiger partial charge in [0.25, 0.3) is 0 Å². The first kappa shape index (κ1) is 14.1. The standard InChI is InChI=1S/C14H23N3O2S/c1-10-3-2-4-14(10)17-20(18,19)13-7-12(16-9-13)8-15-11-5-6-11/h7,9-11,14-17H,2-6,8H2,1H3. The van der Waals surface area contributed by atoms with E-state index in [1.54, 1.807) is 12.3 Å². The van der Waals surface area contributed by atoms with E-state index in [9.17, 15) is 8.42 Å². The summed E-state index contributed by atoms with van der Waals surface area (Å²) in [7, 11) is -3.39. The minimum Gasteiger partial charge on any atom is -0.363 e. The first-order valence-electron chi connectivity index (χ1n) is 7.47. The molecule has 3 rings (SSSR count). The van der Waals surface area contributed by atoms with Crippen molar-refractivity contribution in [2.45, 2.75) is 62.6 Å². The molecule has 2 aliphatic carbocycles. The summed E-state index contributed by atoms with van der Waals surface area (Å²) in [5, 5.41) is 3.37. The Hall–Kier alpha value is -0.850. The number of aromatic nitrogens is 1. The van der Waals surface area contributed by atoms with Gasteiger partial charge in [-0.3, -0.25) is 0 Å². The van der Waals surface area contributed by atoms with Crippen LogP contribution in [0.4, 0.5) is 0 Å². The second-order valence-corrected chi connectivity index (χ2v) is 7.87. The van der Waals surface area contributed by atoms with E-state index >= 15 is 0 Å². The monoisotopic (exact) mass is 297 g/mol. The van der Waals surface area contributed by atoms with Gasteiger partial charge in [-0.1, -0.05) is 13.3 Å². The summed E-state index contributed by atoms with van der Waals surface area (Å²) in [4.78, 5) is 3.40. The number of nitrogens with one attached hydrogen (secondary N) is 3. The summed E-state index contributed by atoms with van der Waals surface area (Å²) in [6, 6.07) is 2.44. The third-order valence-electron chi connectivity index (χ3n) is 4.35. The molecule has 0 radical (unpaired) electrons. The molecule has 6 heteroatoms. The van der Waals surface area contributed by atoms with Gasteiger partial charge in [0.1, 0.15) is 0 Å². The molecule has 2 unspecified atom stereocenters. The molecule has 5 nitrogen and oxygen atoms in total. The zero-order valence-corrected chi connectivity index (χ0v) is 12.7. The molecule has 1 heterocycles. The Labute approximate surface area is 120 Å². The van der Waals surface area contributed by atoms with Crippen LogP contribution >= 0.6 is 0 Å². The molecule has 0 bridgehead atoms. The SMILES string of the molecule is CC1CCCC1NS(=O)(=O)c1c[nH]c(CNC2CC2)c1.